The number of hydrogen-bond acceptors (Lipinski definition) is 3. The van der Waals surface area contributed by atoms with Gasteiger partial charge in [-0.3, -0.25) is 4.79 Å². The van der Waals surface area contributed by atoms with Gasteiger partial charge in [-0.05, 0) is 32.0 Å². The highest BCUT2D eigenvalue weighted by atomic mass is 79.9. The number of rotatable bonds is 7. The van der Waals surface area contributed by atoms with Gasteiger partial charge in [-0.25, -0.2) is 4.79 Å². The molecule has 0 radical (unpaired) electrons. The maximum Gasteiger partial charge on any atom is 0.336 e. The molecule has 0 bridgehead atoms. The number of aromatic carboxylic acids is 1. The number of carboxylic acids is 1. The Balaban J connectivity index is 2.78. The van der Waals surface area contributed by atoms with Crippen molar-refractivity contribution in [3.05, 3.63) is 40.4 Å². The maximum atomic E-state index is 12.2. The van der Waals surface area contributed by atoms with Crippen LogP contribution < -0.4 is 0 Å². The first kappa shape index (κ1) is 17.8. The Morgan fingerprint density at radius 1 is 1.43 bits per heavy atom. The Labute approximate surface area is 137 Å². The van der Waals surface area contributed by atoms with Gasteiger partial charge in [0.1, 0.15) is 0 Å². The summed E-state index contributed by atoms with van der Waals surface area (Å²) in [6.07, 6.45) is 0. The van der Waals surface area contributed by atoms with Gasteiger partial charge in [-0.1, -0.05) is 28.1 Å². The van der Waals surface area contributed by atoms with E-state index in [1.165, 1.54) is 17.8 Å². The molecule has 0 aliphatic rings. The van der Waals surface area contributed by atoms with Crippen molar-refractivity contribution in [3.63, 3.8) is 0 Å². The second-order valence-corrected chi connectivity index (χ2v) is 6.53. The molecule has 0 aliphatic heterocycles. The topological polar surface area (TPSA) is 57.6 Å². The molecule has 6 heteroatoms. The molecule has 0 aliphatic carbocycles. The summed E-state index contributed by atoms with van der Waals surface area (Å²) in [5, 5.41) is 9.16. The van der Waals surface area contributed by atoms with Gasteiger partial charge in [0.05, 0.1) is 11.3 Å². The second kappa shape index (κ2) is 8.24. The number of carbonyl (C=O) groups is 2. The highest BCUT2D eigenvalue weighted by Gasteiger charge is 2.15. The minimum absolute atomic E-state index is 0.0261. The van der Waals surface area contributed by atoms with E-state index in [-0.39, 0.29) is 17.2 Å². The summed E-state index contributed by atoms with van der Waals surface area (Å²) in [6, 6.07) is 4.93. The number of benzene rings is 1. The summed E-state index contributed by atoms with van der Waals surface area (Å²) in [5.74, 6) is -0.814. The van der Waals surface area contributed by atoms with Crippen LogP contribution in [0.2, 0.25) is 0 Å². The van der Waals surface area contributed by atoms with E-state index >= 15 is 0 Å². The van der Waals surface area contributed by atoms with Crippen molar-refractivity contribution in [2.24, 2.45) is 0 Å². The highest BCUT2D eigenvalue weighted by molar-refractivity contribution is 9.10. The lowest BCUT2D eigenvalue weighted by Crippen LogP contribution is -2.33. The van der Waals surface area contributed by atoms with Crippen LogP contribution in [0.5, 0.6) is 0 Å². The van der Waals surface area contributed by atoms with Crippen molar-refractivity contribution in [2.75, 3.05) is 18.8 Å². The third-order valence-corrected chi connectivity index (χ3v) is 4.25. The van der Waals surface area contributed by atoms with Crippen molar-refractivity contribution >= 4 is 39.6 Å². The van der Waals surface area contributed by atoms with Crippen LogP contribution in [0.1, 0.15) is 24.2 Å². The summed E-state index contributed by atoms with van der Waals surface area (Å²) >= 11 is 4.55. The summed E-state index contributed by atoms with van der Waals surface area (Å²) in [7, 11) is 0. The van der Waals surface area contributed by atoms with Crippen LogP contribution in [-0.2, 0) is 4.79 Å². The molecule has 0 unspecified atom stereocenters. The van der Waals surface area contributed by atoms with Crippen molar-refractivity contribution < 1.29 is 14.7 Å². The standard InChI is InChI=1S/C15H18BrNO3S/c1-4-17(8-10(2)3)14(18)9-21-13-7-11(16)5-6-12(13)15(19)20/h5-7H,2,4,8-9H2,1,3H3,(H,19,20). The van der Waals surface area contributed by atoms with Crippen LogP contribution in [-0.4, -0.2) is 40.7 Å². The van der Waals surface area contributed by atoms with Gasteiger partial charge in [0.15, 0.2) is 0 Å². The van der Waals surface area contributed by atoms with Crippen LogP contribution in [0, 0.1) is 0 Å². The molecular weight excluding hydrogens is 354 g/mol. The van der Waals surface area contributed by atoms with Crippen molar-refractivity contribution in [2.45, 2.75) is 18.7 Å². The minimum atomic E-state index is -0.994. The summed E-state index contributed by atoms with van der Waals surface area (Å²) in [4.78, 5) is 25.6. The third-order valence-electron chi connectivity index (χ3n) is 2.72. The summed E-state index contributed by atoms with van der Waals surface area (Å²) in [5.41, 5.74) is 1.13. The monoisotopic (exact) mass is 371 g/mol. The van der Waals surface area contributed by atoms with Crippen molar-refractivity contribution in [1.82, 2.24) is 4.90 Å². The number of nitrogens with zero attached hydrogens (tertiary/aromatic N) is 1. The van der Waals surface area contributed by atoms with Gasteiger partial charge in [0.25, 0.3) is 0 Å². The van der Waals surface area contributed by atoms with Gasteiger partial charge < -0.3 is 10.0 Å². The first-order valence-corrected chi connectivity index (χ1v) is 8.20. The molecule has 1 N–H and O–H groups in total. The number of thioether (sulfide) groups is 1. The largest absolute Gasteiger partial charge is 0.478 e. The zero-order valence-electron chi connectivity index (χ0n) is 12.1. The quantitative estimate of drug-likeness (QED) is 0.586. The molecule has 0 spiro atoms. The molecule has 1 rings (SSSR count). The molecule has 114 valence electrons. The minimum Gasteiger partial charge on any atom is -0.478 e. The highest BCUT2D eigenvalue weighted by Crippen LogP contribution is 2.27. The fraction of sp³-hybridized carbons (Fsp3) is 0.333. The van der Waals surface area contributed by atoms with E-state index in [4.69, 9.17) is 5.11 Å². The Morgan fingerprint density at radius 3 is 2.62 bits per heavy atom. The first-order valence-electron chi connectivity index (χ1n) is 6.43. The maximum absolute atomic E-state index is 12.2. The van der Waals surface area contributed by atoms with E-state index in [0.29, 0.717) is 18.0 Å². The molecule has 0 saturated heterocycles. The van der Waals surface area contributed by atoms with Crippen LogP contribution in [0.25, 0.3) is 0 Å². The molecule has 1 amide bonds. The number of hydrogen-bond donors (Lipinski definition) is 1. The normalized spacial score (nSPS) is 10.2. The van der Waals surface area contributed by atoms with E-state index < -0.39 is 5.97 Å². The van der Waals surface area contributed by atoms with Gasteiger partial charge >= 0.3 is 5.97 Å². The zero-order chi connectivity index (χ0) is 16.0. The van der Waals surface area contributed by atoms with Crippen LogP contribution in [0.15, 0.2) is 39.7 Å². The van der Waals surface area contributed by atoms with Gasteiger partial charge in [0, 0.05) is 22.5 Å². The van der Waals surface area contributed by atoms with E-state index in [9.17, 15) is 9.59 Å². The molecular formula is C15H18BrNO3S. The van der Waals surface area contributed by atoms with Gasteiger partial charge in [-0.15, -0.1) is 11.8 Å². The SMILES string of the molecule is C=C(C)CN(CC)C(=O)CSc1cc(Br)ccc1C(=O)O. The molecule has 0 saturated carbocycles. The van der Waals surface area contributed by atoms with Crippen molar-refractivity contribution in [1.29, 1.82) is 0 Å². The number of likely N-dealkylation sites (N-methyl/N-ethyl adjacent to an activating group) is 1. The average Bonchev–Trinajstić information content (AvgIpc) is 2.41. The Kier molecular flexibility index (Phi) is 6.98. The average molecular weight is 372 g/mol. The number of amides is 1. The van der Waals surface area contributed by atoms with Gasteiger partial charge in [0.2, 0.25) is 5.91 Å². The molecule has 1 aromatic rings. The lowest BCUT2D eigenvalue weighted by Gasteiger charge is -2.20. The molecule has 21 heavy (non-hydrogen) atoms. The van der Waals surface area contributed by atoms with E-state index in [2.05, 4.69) is 22.5 Å². The fourth-order valence-corrected chi connectivity index (χ4v) is 3.22. The molecule has 0 fully saturated rings. The number of carboxylic acid groups (broad SMARTS) is 1. The number of halogens is 1. The zero-order valence-corrected chi connectivity index (χ0v) is 14.5. The molecule has 4 nitrogen and oxygen atoms in total. The smallest absolute Gasteiger partial charge is 0.336 e. The van der Waals surface area contributed by atoms with Crippen LogP contribution >= 0.6 is 27.7 Å². The molecule has 0 heterocycles. The van der Waals surface area contributed by atoms with Gasteiger partial charge in [-0.2, -0.15) is 0 Å². The van der Waals surface area contributed by atoms with E-state index in [1.807, 2.05) is 13.8 Å². The van der Waals surface area contributed by atoms with Crippen LogP contribution in [0.4, 0.5) is 0 Å². The first-order chi connectivity index (χ1) is 9.85. The fourth-order valence-electron chi connectivity index (χ4n) is 1.73. The third kappa shape index (κ3) is 5.55. The van der Waals surface area contributed by atoms with Crippen molar-refractivity contribution in [3.8, 4) is 0 Å². The predicted molar refractivity (Wildman–Crippen MR) is 88.9 cm³/mol. The lowest BCUT2D eigenvalue weighted by molar-refractivity contribution is -0.127. The Bertz CT molecular complexity index is 560. The van der Waals surface area contributed by atoms with Crippen LogP contribution in [0.3, 0.4) is 0 Å². The molecule has 0 aromatic heterocycles. The Morgan fingerprint density at radius 2 is 2.10 bits per heavy atom. The lowest BCUT2D eigenvalue weighted by atomic mass is 10.2. The molecule has 1 aromatic carbocycles. The number of carbonyl (C=O) groups excluding carboxylic acids is 1. The molecule has 0 atom stereocenters. The second-order valence-electron chi connectivity index (χ2n) is 4.60. The van der Waals surface area contributed by atoms with E-state index in [1.54, 1.807) is 17.0 Å². The predicted octanol–water partition coefficient (Wildman–Crippen LogP) is 3.66. The summed E-state index contributed by atoms with van der Waals surface area (Å²) < 4.78 is 0.789. The summed E-state index contributed by atoms with van der Waals surface area (Å²) in [6.45, 7) is 8.73. The Hall–Kier alpha value is -1.27. The van der Waals surface area contributed by atoms with E-state index in [0.717, 1.165) is 10.0 Å².